The Morgan fingerprint density at radius 2 is 1.76 bits per heavy atom. The summed E-state index contributed by atoms with van der Waals surface area (Å²) >= 11 is 0. The van der Waals surface area contributed by atoms with Gasteiger partial charge in [0.05, 0.1) is 18.9 Å². The topological polar surface area (TPSA) is 63.2 Å². The molecule has 1 aliphatic heterocycles. The van der Waals surface area contributed by atoms with Crippen molar-refractivity contribution in [1.82, 2.24) is 19.7 Å². The van der Waals surface area contributed by atoms with Gasteiger partial charge in [-0.15, -0.1) is 11.5 Å². The van der Waals surface area contributed by atoms with Crippen LogP contribution in [-0.2, 0) is 17.7 Å². The van der Waals surface area contributed by atoms with Crippen LogP contribution in [0.4, 0.5) is 0 Å². The fourth-order valence-corrected chi connectivity index (χ4v) is 4.84. The zero-order valence-corrected chi connectivity index (χ0v) is 21.9. The fraction of sp³-hybridized carbons (Fsp3) is 0.407. The van der Waals surface area contributed by atoms with E-state index in [-0.39, 0.29) is 5.69 Å². The standard InChI is InChI=1S/C27H34N4O2Si/c1-20-17-21(2)25(18-23(20)7-6-16-34(3,4)5)26-28-29-27(32)31(26)24-10-8-22(9-11-24)19-30-12-14-33-15-13-30/h8-11,17-18H,7,12-15,19H2,1-5H3,(H,29,32). The number of hydrogen-bond acceptors (Lipinski definition) is 4. The number of hydrogen-bond donors (Lipinski definition) is 1. The number of ether oxygens (including phenoxy) is 1. The molecular formula is C27H34N4O2Si. The lowest BCUT2D eigenvalue weighted by atomic mass is 9.97. The second kappa shape index (κ2) is 10.1. The molecule has 0 saturated carbocycles. The first-order valence-electron chi connectivity index (χ1n) is 11.9. The Morgan fingerprint density at radius 1 is 1.06 bits per heavy atom. The highest BCUT2D eigenvalue weighted by atomic mass is 28.3. The van der Waals surface area contributed by atoms with Crippen LogP contribution in [0.2, 0.25) is 19.6 Å². The molecule has 0 amide bonds. The van der Waals surface area contributed by atoms with E-state index in [1.165, 1.54) is 16.7 Å². The molecule has 1 N–H and O–H groups in total. The first kappa shape index (κ1) is 24.2. The van der Waals surface area contributed by atoms with Gasteiger partial charge in [-0.25, -0.2) is 14.5 Å². The maximum Gasteiger partial charge on any atom is 0.348 e. The predicted octanol–water partition coefficient (Wildman–Crippen LogP) is 4.10. The zero-order valence-electron chi connectivity index (χ0n) is 20.9. The smallest absolute Gasteiger partial charge is 0.348 e. The lowest BCUT2D eigenvalue weighted by Crippen LogP contribution is -2.35. The third-order valence-electron chi connectivity index (χ3n) is 6.04. The van der Waals surface area contributed by atoms with Crippen LogP contribution in [0.25, 0.3) is 17.1 Å². The highest BCUT2D eigenvalue weighted by Crippen LogP contribution is 2.26. The Morgan fingerprint density at radius 3 is 2.44 bits per heavy atom. The summed E-state index contributed by atoms with van der Waals surface area (Å²) in [6.07, 6.45) is 0.703. The number of morpholine rings is 1. The number of aromatic amines is 1. The first-order chi connectivity index (χ1) is 16.2. The lowest BCUT2D eigenvalue weighted by Gasteiger charge is -2.26. The largest absolute Gasteiger partial charge is 0.379 e. The number of aryl methyl sites for hydroxylation is 2. The van der Waals surface area contributed by atoms with E-state index in [0.29, 0.717) is 12.2 Å². The molecule has 4 rings (SSSR count). The van der Waals surface area contributed by atoms with Gasteiger partial charge < -0.3 is 4.74 Å². The molecule has 1 aromatic heterocycles. The van der Waals surface area contributed by atoms with Crippen molar-refractivity contribution in [3.8, 4) is 28.5 Å². The molecule has 7 heteroatoms. The summed E-state index contributed by atoms with van der Waals surface area (Å²) < 4.78 is 7.10. The lowest BCUT2D eigenvalue weighted by molar-refractivity contribution is 0.0342. The number of H-pyrrole nitrogens is 1. The Balaban J connectivity index is 1.64. The molecule has 0 radical (unpaired) electrons. The van der Waals surface area contributed by atoms with E-state index in [1.54, 1.807) is 4.57 Å². The molecule has 0 aliphatic carbocycles. The van der Waals surface area contributed by atoms with Crippen LogP contribution in [0.3, 0.4) is 0 Å². The van der Waals surface area contributed by atoms with Crippen molar-refractivity contribution in [1.29, 1.82) is 0 Å². The molecule has 2 aromatic carbocycles. The van der Waals surface area contributed by atoms with Gasteiger partial charge in [0.25, 0.3) is 0 Å². The molecule has 1 saturated heterocycles. The molecule has 0 bridgehead atoms. The quantitative estimate of drug-likeness (QED) is 0.447. The molecule has 0 unspecified atom stereocenters. The minimum Gasteiger partial charge on any atom is -0.379 e. The Kier molecular flexibility index (Phi) is 7.22. The summed E-state index contributed by atoms with van der Waals surface area (Å²) in [5.41, 5.74) is 9.66. The highest BCUT2D eigenvalue weighted by Gasteiger charge is 2.17. The number of nitrogens with zero attached hydrogens (tertiary/aromatic N) is 3. The van der Waals surface area contributed by atoms with Crippen molar-refractivity contribution in [2.45, 2.75) is 46.5 Å². The normalized spacial score (nSPS) is 14.6. The molecule has 1 aliphatic rings. The van der Waals surface area contributed by atoms with E-state index in [4.69, 9.17) is 4.74 Å². The Hall–Kier alpha value is -2.92. The summed E-state index contributed by atoms with van der Waals surface area (Å²) in [5, 5.41) is 7.06. The van der Waals surface area contributed by atoms with Crippen molar-refractivity contribution in [2.24, 2.45) is 0 Å². The third kappa shape index (κ3) is 5.76. The Bertz CT molecular complexity index is 1270. The maximum atomic E-state index is 12.8. The number of rotatable bonds is 5. The van der Waals surface area contributed by atoms with Crippen LogP contribution in [0.5, 0.6) is 0 Å². The maximum absolute atomic E-state index is 12.8. The van der Waals surface area contributed by atoms with Gasteiger partial charge in [0.15, 0.2) is 5.82 Å². The fourth-order valence-electron chi connectivity index (χ4n) is 4.22. The summed E-state index contributed by atoms with van der Waals surface area (Å²) in [6.45, 7) is 15.3. The van der Waals surface area contributed by atoms with Crippen molar-refractivity contribution < 1.29 is 4.74 Å². The van der Waals surface area contributed by atoms with E-state index >= 15 is 0 Å². The van der Waals surface area contributed by atoms with E-state index < -0.39 is 8.07 Å². The van der Waals surface area contributed by atoms with Crippen molar-refractivity contribution in [3.05, 3.63) is 69.1 Å². The molecule has 6 nitrogen and oxygen atoms in total. The molecule has 1 fully saturated rings. The summed E-state index contributed by atoms with van der Waals surface area (Å²) in [5.74, 6) is 4.00. The van der Waals surface area contributed by atoms with Crippen LogP contribution in [-0.4, -0.2) is 54.0 Å². The van der Waals surface area contributed by atoms with Gasteiger partial charge in [-0.3, -0.25) is 4.90 Å². The second-order valence-electron chi connectivity index (χ2n) is 10.1. The van der Waals surface area contributed by atoms with Gasteiger partial charge in [-0.1, -0.05) is 37.8 Å². The highest BCUT2D eigenvalue weighted by molar-refractivity contribution is 6.83. The van der Waals surface area contributed by atoms with Crippen LogP contribution >= 0.6 is 0 Å². The van der Waals surface area contributed by atoms with E-state index in [1.807, 2.05) is 12.1 Å². The monoisotopic (exact) mass is 474 g/mol. The van der Waals surface area contributed by atoms with Crippen molar-refractivity contribution in [2.75, 3.05) is 26.3 Å². The molecule has 0 atom stereocenters. The SMILES string of the molecule is Cc1cc(C)c(-c2n[nH]c(=O)n2-c2ccc(CN3CCOCC3)cc2)cc1CC#C[Si](C)(C)C. The van der Waals surface area contributed by atoms with Gasteiger partial charge in [-0.05, 0) is 54.3 Å². The van der Waals surface area contributed by atoms with Crippen molar-refractivity contribution in [3.63, 3.8) is 0 Å². The van der Waals surface area contributed by atoms with Gasteiger partial charge in [0, 0.05) is 31.6 Å². The van der Waals surface area contributed by atoms with Crippen molar-refractivity contribution >= 4 is 8.07 Å². The molecule has 178 valence electrons. The minimum absolute atomic E-state index is 0.240. The van der Waals surface area contributed by atoms with Gasteiger partial charge in [-0.2, -0.15) is 5.10 Å². The van der Waals surface area contributed by atoms with Crippen LogP contribution in [0.15, 0.2) is 41.2 Å². The van der Waals surface area contributed by atoms with E-state index in [0.717, 1.165) is 49.7 Å². The average molecular weight is 475 g/mol. The summed E-state index contributed by atoms with van der Waals surface area (Å²) in [4.78, 5) is 15.2. The molecule has 2 heterocycles. The summed E-state index contributed by atoms with van der Waals surface area (Å²) in [7, 11) is -1.42. The molecular weight excluding hydrogens is 440 g/mol. The third-order valence-corrected chi connectivity index (χ3v) is 6.97. The zero-order chi connectivity index (χ0) is 24.3. The predicted molar refractivity (Wildman–Crippen MR) is 140 cm³/mol. The molecule has 34 heavy (non-hydrogen) atoms. The van der Waals surface area contributed by atoms with Gasteiger partial charge >= 0.3 is 5.69 Å². The van der Waals surface area contributed by atoms with E-state index in [9.17, 15) is 4.79 Å². The Labute approximate surface area is 203 Å². The first-order valence-corrected chi connectivity index (χ1v) is 15.4. The average Bonchev–Trinajstić information content (AvgIpc) is 3.17. The molecule has 0 spiro atoms. The minimum atomic E-state index is -1.42. The van der Waals surface area contributed by atoms with Crippen LogP contribution in [0.1, 0.15) is 22.3 Å². The molecule has 3 aromatic rings. The van der Waals surface area contributed by atoms with Crippen LogP contribution in [0, 0.1) is 25.3 Å². The van der Waals surface area contributed by atoms with Gasteiger partial charge in [0.2, 0.25) is 0 Å². The number of nitrogens with one attached hydrogen (secondary N) is 1. The number of aromatic nitrogens is 3. The summed E-state index contributed by atoms with van der Waals surface area (Å²) in [6, 6.07) is 12.5. The van der Waals surface area contributed by atoms with Gasteiger partial charge in [0.1, 0.15) is 8.07 Å². The number of benzene rings is 2. The van der Waals surface area contributed by atoms with Crippen LogP contribution < -0.4 is 5.69 Å². The van der Waals surface area contributed by atoms with E-state index in [2.05, 4.69) is 84.3 Å². The second-order valence-corrected chi connectivity index (χ2v) is 14.8.